The van der Waals surface area contributed by atoms with E-state index in [1.807, 2.05) is 0 Å². The fourth-order valence-electron chi connectivity index (χ4n) is 1.48. The summed E-state index contributed by atoms with van der Waals surface area (Å²) < 4.78 is 2.38. The molecule has 0 nitrogen and oxygen atoms in total. The molecule has 0 N–H and O–H groups in total. The number of hydrogen-bond acceptors (Lipinski definition) is 6. The maximum absolute atomic E-state index is 2.44. The first-order chi connectivity index (χ1) is 8.59. The Morgan fingerprint density at radius 2 is 1.61 bits per heavy atom. The summed E-state index contributed by atoms with van der Waals surface area (Å²) in [6.45, 7) is 7.17. The molecule has 2 rings (SSSR count). The second-order valence-electron chi connectivity index (χ2n) is 4.60. The standard InChI is InChI=1S/C5H12S2.2C3H6S2.Sn/c1-4-7-5(2,3)6;2*4-3-1-2-5-3;/h6H,4H2,1-3H3;2*3-4H,1-2H2;/q;;;+3/p-3. The maximum atomic E-state index is 2.44. The molecule has 2 heterocycles. The Labute approximate surface area is 140 Å². The van der Waals surface area contributed by atoms with E-state index in [9.17, 15) is 0 Å². The summed E-state index contributed by atoms with van der Waals surface area (Å²) in [6, 6.07) is 0. The van der Waals surface area contributed by atoms with Crippen molar-refractivity contribution in [3.05, 3.63) is 0 Å². The van der Waals surface area contributed by atoms with Gasteiger partial charge in [-0.05, 0) is 0 Å². The summed E-state index contributed by atoms with van der Waals surface area (Å²) in [5, 5.41) is 0. The third-order valence-corrected chi connectivity index (χ3v) is 39.0. The molecule has 2 atom stereocenters. The van der Waals surface area contributed by atoms with Gasteiger partial charge in [0, 0.05) is 0 Å². The fraction of sp³-hybridized carbons (Fsp3) is 1.00. The quantitative estimate of drug-likeness (QED) is 0.337. The summed E-state index contributed by atoms with van der Waals surface area (Å²) in [5.41, 5.74) is 0. The van der Waals surface area contributed by atoms with Gasteiger partial charge in [0.2, 0.25) is 0 Å². The Balaban J connectivity index is 1.81. The van der Waals surface area contributed by atoms with E-state index in [0.717, 1.165) is 9.16 Å². The van der Waals surface area contributed by atoms with Gasteiger partial charge in [0.25, 0.3) is 0 Å². The molecule has 18 heavy (non-hydrogen) atoms. The average Bonchev–Trinajstić information content (AvgIpc) is 2.16. The van der Waals surface area contributed by atoms with Gasteiger partial charge in [0.05, 0.1) is 0 Å². The zero-order valence-corrected chi connectivity index (χ0v) is 18.9. The second-order valence-corrected chi connectivity index (χ2v) is 33.4. The predicted octanol–water partition coefficient (Wildman–Crippen LogP) is 5.59. The average molecular weight is 464 g/mol. The van der Waals surface area contributed by atoms with Crippen LogP contribution in [0.1, 0.15) is 33.6 Å². The van der Waals surface area contributed by atoms with Crippen molar-refractivity contribution in [1.82, 2.24) is 0 Å². The van der Waals surface area contributed by atoms with Gasteiger partial charge in [0.15, 0.2) is 0 Å². The molecule has 7 heteroatoms. The number of thioether (sulfide) groups is 3. The van der Waals surface area contributed by atoms with Crippen molar-refractivity contribution in [2.45, 2.75) is 46.9 Å². The second kappa shape index (κ2) is 8.51. The summed E-state index contributed by atoms with van der Waals surface area (Å²) >= 11 is 5.17. The fourth-order valence-corrected chi connectivity index (χ4v) is 55.3. The van der Waals surface area contributed by atoms with Crippen LogP contribution < -0.4 is 0 Å². The van der Waals surface area contributed by atoms with E-state index in [1.165, 1.54) is 30.1 Å². The SMILES string of the molecule is CCSC(C)(C)[S][Sn]([S]C1CCS1)[S]C1CCS1. The van der Waals surface area contributed by atoms with Crippen LogP contribution in [-0.2, 0) is 0 Å². The van der Waals surface area contributed by atoms with Crippen molar-refractivity contribution in [2.75, 3.05) is 17.3 Å². The molecule has 0 aromatic heterocycles. The Morgan fingerprint density at radius 3 is 1.94 bits per heavy atom. The van der Waals surface area contributed by atoms with E-state index < -0.39 is 15.6 Å². The van der Waals surface area contributed by atoms with Crippen LogP contribution in [0.3, 0.4) is 0 Å². The van der Waals surface area contributed by atoms with Crippen LogP contribution >= 0.6 is 62.1 Å². The summed E-state index contributed by atoms with van der Waals surface area (Å²) in [4.78, 5) is 0. The normalized spacial score (nSPS) is 28.0. The van der Waals surface area contributed by atoms with Crippen molar-refractivity contribution >= 4 is 77.7 Å². The van der Waals surface area contributed by atoms with Gasteiger partial charge in [-0.25, -0.2) is 0 Å². The molecular formula is C11H21S6Sn. The molecule has 2 saturated heterocycles. The van der Waals surface area contributed by atoms with Crippen LogP contribution in [0, 0.1) is 0 Å². The predicted molar refractivity (Wildman–Crippen MR) is 102 cm³/mol. The molecule has 0 aliphatic carbocycles. The first-order valence-electron chi connectivity index (χ1n) is 6.35. The molecule has 1 radical (unpaired) electrons. The summed E-state index contributed by atoms with van der Waals surface area (Å²) in [5.74, 6) is 4.07. The minimum atomic E-state index is -1.37. The third-order valence-electron chi connectivity index (χ3n) is 2.59. The zero-order chi connectivity index (χ0) is 13.0. The topological polar surface area (TPSA) is 0 Å². The van der Waals surface area contributed by atoms with E-state index in [0.29, 0.717) is 4.08 Å². The molecule has 0 aromatic rings. The molecule has 0 aromatic carbocycles. The van der Waals surface area contributed by atoms with Gasteiger partial charge >= 0.3 is 142 Å². The van der Waals surface area contributed by atoms with Crippen LogP contribution in [0.4, 0.5) is 0 Å². The first kappa shape index (κ1) is 17.3. The molecule has 2 unspecified atom stereocenters. The summed E-state index contributed by atoms with van der Waals surface area (Å²) in [7, 11) is 7.23. The first-order valence-corrected chi connectivity index (χ1v) is 22.5. The van der Waals surface area contributed by atoms with Crippen molar-refractivity contribution in [1.29, 1.82) is 0 Å². The molecule has 2 aliphatic heterocycles. The Bertz CT molecular complexity index is 238. The van der Waals surface area contributed by atoms with Gasteiger partial charge < -0.3 is 0 Å². The Kier molecular flexibility index (Phi) is 8.16. The number of hydrogen-bond donors (Lipinski definition) is 0. The van der Waals surface area contributed by atoms with Crippen LogP contribution in [0.15, 0.2) is 0 Å². The molecule has 0 spiro atoms. The van der Waals surface area contributed by atoms with Gasteiger partial charge in [-0.3, -0.25) is 0 Å². The molecule has 105 valence electrons. The zero-order valence-electron chi connectivity index (χ0n) is 11.1. The third kappa shape index (κ3) is 5.95. The van der Waals surface area contributed by atoms with Crippen molar-refractivity contribution < 1.29 is 0 Å². The molecule has 0 amide bonds. The van der Waals surface area contributed by atoms with E-state index in [-0.39, 0.29) is 0 Å². The molecule has 2 fully saturated rings. The molecule has 2 aliphatic rings. The van der Waals surface area contributed by atoms with Gasteiger partial charge in [-0.2, -0.15) is 0 Å². The number of rotatable bonds is 8. The Hall–Kier alpha value is 2.90. The molecule has 0 saturated carbocycles. The van der Waals surface area contributed by atoms with E-state index in [4.69, 9.17) is 0 Å². The van der Waals surface area contributed by atoms with E-state index >= 15 is 0 Å². The van der Waals surface area contributed by atoms with E-state index in [1.54, 1.807) is 0 Å². The monoisotopic (exact) mass is 465 g/mol. The van der Waals surface area contributed by atoms with Crippen LogP contribution in [0.25, 0.3) is 0 Å². The van der Waals surface area contributed by atoms with Gasteiger partial charge in [-0.15, -0.1) is 0 Å². The molecule has 0 bridgehead atoms. The minimum absolute atomic E-state index is 0.451. The van der Waals surface area contributed by atoms with Gasteiger partial charge in [-0.1, -0.05) is 0 Å². The van der Waals surface area contributed by atoms with E-state index in [2.05, 4.69) is 82.9 Å². The van der Waals surface area contributed by atoms with Crippen molar-refractivity contribution in [2.24, 2.45) is 0 Å². The van der Waals surface area contributed by atoms with Crippen LogP contribution in [-0.4, -0.2) is 46.1 Å². The van der Waals surface area contributed by atoms with Crippen molar-refractivity contribution in [3.8, 4) is 0 Å². The van der Waals surface area contributed by atoms with Gasteiger partial charge in [0.1, 0.15) is 0 Å². The van der Waals surface area contributed by atoms with Crippen LogP contribution in [0.5, 0.6) is 0 Å². The molecular weight excluding hydrogens is 443 g/mol. The van der Waals surface area contributed by atoms with Crippen molar-refractivity contribution in [3.63, 3.8) is 0 Å². The summed E-state index contributed by atoms with van der Waals surface area (Å²) in [6.07, 6.45) is 2.94. The Morgan fingerprint density at radius 1 is 1.11 bits per heavy atom. The van der Waals surface area contributed by atoms with Crippen LogP contribution in [0.2, 0.25) is 0 Å².